The van der Waals surface area contributed by atoms with Gasteiger partial charge in [0.15, 0.2) is 5.16 Å². The molecule has 1 aliphatic heterocycles. The molecular weight excluding hydrogens is 374 g/mol. The van der Waals surface area contributed by atoms with Gasteiger partial charge in [0, 0.05) is 25.5 Å². The number of pyridine rings is 1. The number of rotatable bonds is 3. The van der Waals surface area contributed by atoms with E-state index in [1.54, 1.807) is 0 Å². The summed E-state index contributed by atoms with van der Waals surface area (Å²) in [6, 6.07) is 0. The Hall–Kier alpha value is -2.09. The van der Waals surface area contributed by atoms with E-state index in [4.69, 9.17) is 9.72 Å². The van der Waals surface area contributed by atoms with E-state index in [9.17, 15) is 4.79 Å². The van der Waals surface area contributed by atoms with Crippen LogP contribution >= 0.6 is 11.8 Å². The van der Waals surface area contributed by atoms with Crippen molar-refractivity contribution in [3.05, 3.63) is 18.0 Å². The van der Waals surface area contributed by atoms with Crippen LogP contribution in [0.15, 0.2) is 17.6 Å². The molecule has 0 bridgehead atoms. The summed E-state index contributed by atoms with van der Waals surface area (Å²) in [7, 11) is 0. The molecular formula is C20H29N5O2S. The fraction of sp³-hybridized carbons (Fsp3) is 0.600. The van der Waals surface area contributed by atoms with Gasteiger partial charge in [-0.2, -0.15) is 0 Å². The number of carbonyl (C=O) groups is 1. The summed E-state index contributed by atoms with van der Waals surface area (Å²) in [5.41, 5.74) is 1.04. The summed E-state index contributed by atoms with van der Waals surface area (Å²) in [6.45, 7) is 11.2. The van der Waals surface area contributed by atoms with Gasteiger partial charge in [-0.1, -0.05) is 11.8 Å². The minimum atomic E-state index is -0.520. The van der Waals surface area contributed by atoms with E-state index < -0.39 is 11.1 Å². The van der Waals surface area contributed by atoms with Crippen molar-refractivity contribution in [1.29, 1.82) is 0 Å². The second kappa shape index (κ2) is 7.73. The first-order valence-electron chi connectivity index (χ1n) is 9.53. The summed E-state index contributed by atoms with van der Waals surface area (Å²) < 4.78 is 5.46. The molecule has 1 saturated heterocycles. The molecule has 1 amide bonds. The van der Waals surface area contributed by atoms with Crippen molar-refractivity contribution in [2.24, 2.45) is 0 Å². The highest BCUT2D eigenvalue weighted by atomic mass is 32.2. The monoisotopic (exact) mass is 403 g/mol. The number of thioether (sulfide) groups is 1. The average molecular weight is 404 g/mol. The number of piperidine rings is 1. The molecule has 7 nitrogen and oxygen atoms in total. The number of alkyl carbamates (subject to hydrolysis) is 1. The summed E-state index contributed by atoms with van der Waals surface area (Å²) >= 11 is 1.53. The van der Waals surface area contributed by atoms with Crippen LogP contribution in [0.3, 0.4) is 0 Å². The van der Waals surface area contributed by atoms with E-state index >= 15 is 0 Å². The summed E-state index contributed by atoms with van der Waals surface area (Å²) in [5.74, 6) is 0.877. The Morgan fingerprint density at radius 1 is 1.32 bits per heavy atom. The molecule has 1 N–H and O–H groups in total. The van der Waals surface area contributed by atoms with Crippen LogP contribution in [0.5, 0.6) is 0 Å². The molecule has 0 saturated carbocycles. The summed E-state index contributed by atoms with van der Waals surface area (Å²) in [5, 5.41) is 4.76. The van der Waals surface area contributed by atoms with E-state index in [0.717, 1.165) is 46.8 Å². The number of carbonyl (C=O) groups excluding carboxylic acids is 1. The molecule has 1 aliphatic rings. The van der Waals surface area contributed by atoms with Crippen LogP contribution < -0.4 is 10.2 Å². The predicted octanol–water partition coefficient (Wildman–Crippen LogP) is 3.94. The van der Waals surface area contributed by atoms with Gasteiger partial charge in [0.05, 0.1) is 16.4 Å². The van der Waals surface area contributed by atoms with Crippen molar-refractivity contribution in [3.8, 4) is 0 Å². The molecule has 3 rings (SSSR count). The molecule has 3 heterocycles. The topological polar surface area (TPSA) is 80.2 Å². The smallest absolute Gasteiger partial charge is 0.408 e. The van der Waals surface area contributed by atoms with Gasteiger partial charge in [-0.25, -0.2) is 14.8 Å². The lowest BCUT2D eigenvalue weighted by atomic mass is 9.91. The SMILES string of the molecule is CSc1nc(N2CCCC(C)(NC(=O)OC(C)(C)C)C2)c2cncc(C)c2n1. The van der Waals surface area contributed by atoms with Crippen LogP contribution in [0, 0.1) is 6.92 Å². The zero-order chi connectivity index (χ0) is 20.5. The molecule has 152 valence electrons. The zero-order valence-corrected chi connectivity index (χ0v) is 18.3. The number of aryl methyl sites for hydroxylation is 1. The lowest BCUT2D eigenvalue weighted by Gasteiger charge is -2.42. The molecule has 1 unspecified atom stereocenters. The molecule has 1 atom stereocenters. The van der Waals surface area contributed by atoms with Gasteiger partial charge in [-0.05, 0) is 59.3 Å². The highest BCUT2D eigenvalue weighted by Gasteiger charge is 2.35. The van der Waals surface area contributed by atoms with Crippen LogP contribution in [0.1, 0.15) is 46.1 Å². The van der Waals surface area contributed by atoms with Crippen LogP contribution in [0.4, 0.5) is 10.6 Å². The van der Waals surface area contributed by atoms with E-state index in [2.05, 4.69) is 27.1 Å². The molecule has 2 aromatic rings. The standard InChI is InChI=1S/C20H29N5O2S/c1-13-10-21-11-14-15(13)22-17(28-6)23-16(14)25-9-7-8-20(5,12-25)24-18(26)27-19(2,3)4/h10-11H,7-9,12H2,1-6H3,(H,24,26). The third kappa shape index (κ3) is 4.66. The largest absolute Gasteiger partial charge is 0.444 e. The first-order chi connectivity index (χ1) is 13.1. The van der Waals surface area contributed by atoms with Crippen molar-refractivity contribution < 1.29 is 9.53 Å². The second-order valence-electron chi connectivity index (χ2n) is 8.60. The van der Waals surface area contributed by atoms with E-state index in [0.29, 0.717) is 6.54 Å². The lowest BCUT2D eigenvalue weighted by Crippen LogP contribution is -2.57. The third-order valence-corrected chi connectivity index (χ3v) is 5.28. The van der Waals surface area contributed by atoms with Crippen LogP contribution in [-0.4, -0.2) is 51.5 Å². The maximum Gasteiger partial charge on any atom is 0.408 e. The Bertz CT molecular complexity index is 883. The quantitative estimate of drug-likeness (QED) is 0.614. The average Bonchev–Trinajstić information content (AvgIpc) is 2.59. The number of hydrogen-bond acceptors (Lipinski definition) is 7. The predicted molar refractivity (Wildman–Crippen MR) is 113 cm³/mol. The van der Waals surface area contributed by atoms with Crippen molar-refractivity contribution in [2.75, 3.05) is 24.2 Å². The normalized spacial score (nSPS) is 20.3. The van der Waals surface area contributed by atoms with Crippen LogP contribution in [-0.2, 0) is 4.74 Å². The molecule has 28 heavy (non-hydrogen) atoms. The van der Waals surface area contributed by atoms with Crippen molar-refractivity contribution >= 4 is 34.6 Å². The van der Waals surface area contributed by atoms with Gasteiger partial charge in [-0.15, -0.1) is 0 Å². The lowest BCUT2D eigenvalue weighted by molar-refractivity contribution is 0.0454. The maximum atomic E-state index is 12.3. The first-order valence-corrected chi connectivity index (χ1v) is 10.8. The molecule has 2 aromatic heterocycles. The Balaban J connectivity index is 1.90. The minimum Gasteiger partial charge on any atom is -0.444 e. The van der Waals surface area contributed by atoms with E-state index in [1.807, 2.05) is 46.3 Å². The van der Waals surface area contributed by atoms with Gasteiger partial charge >= 0.3 is 6.09 Å². The van der Waals surface area contributed by atoms with Gasteiger partial charge in [-0.3, -0.25) is 4.98 Å². The van der Waals surface area contributed by atoms with Crippen molar-refractivity contribution in [1.82, 2.24) is 20.3 Å². The number of nitrogens with one attached hydrogen (secondary N) is 1. The number of nitrogens with zero attached hydrogens (tertiary/aromatic N) is 4. The minimum absolute atomic E-state index is 0.383. The summed E-state index contributed by atoms with van der Waals surface area (Å²) in [6.07, 6.45) is 7.09. The zero-order valence-electron chi connectivity index (χ0n) is 17.5. The molecule has 0 aromatic carbocycles. The number of ether oxygens (including phenoxy) is 1. The Morgan fingerprint density at radius 3 is 2.75 bits per heavy atom. The van der Waals surface area contributed by atoms with Crippen LogP contribution in [0.2, 0.25) is 0 Å². The van der Waals surface area contributed by atoms with E-state index in [-0.39, 0.29) is 6.09 Å². The van der Waals surface area contributed by atoms with Gasteiger partial charge < -0.3 is 15.0 Å². The number of hydrogen-bond donors (Lipinski definition) is 1. The molecule has 0 radical (unpaired) electrons. The third-order valence-electron chi connectivity index (χ3n) is 4.73. The van der Waals surface area contributed by atoms with E-state index in [1.165, 1.54) is 11.8 Å². The van der Waals surface area contributed by atoms with Gasteiger partial charge in [0.2, 0.25) is 0 Å². The number of anilines is 1. The fourth-order valence-electron chi connectivity index (χ4n) is 3.55. The second-order valence-corrected chi connectivity index (χ2v) is 9.37. The molecule has 8 heteroatoms. The van der Waals surface area contributed by atoms with Crippen molar-refractivity contribution in [2.45, 2.75) is 63.8 Å². The number of fused-ring (bicyclic) bond motifs is 1. The Kier molecular flexibility index (Phi) is 5.70. The highest BCUT2D eigenvalue weighted by molar-refractivity contribution is 7.98. The molecule has 0 aliphatic carbocycles. The van der Waals surface area contributed by atoms with Gasteiger partial charge in [0.25, 0.3) is 0 Å². The number of amides is 1. The Labute approximate surface area is 170 Å². The Morgan fingerprint density at radius 2 is 2.07 bits per heavy atom. The molecule has 1 fully saturated rings. The molecule has 0 spiro atoms. The first kappa shape index (κ1) is 20.6. The highest BCUT2D eigenvalue weighted by Crippen LogP contribution is 2.32. The summed E-state index contributed by atoms with van der Waals surface area (Å²) in [4.78, 5) is 28.4. The fourth-order valence-corrected chi connectivity index (χ4v) is 3.91. The number of aromatic nitrogens is 3. The van der Waals surface area contributed by atoms with Crippen LogP contribution in [0.25, 0.3) is 10.9 Å². The maximum absolute atomic E-state index is 12.3. The van der Waals surface area contributed by atoms with Crippen molar-refractivity contribution in [3.63, 3.8) is 0 Å². The van der Waals surface area contributed by atoms with Gasteiger partial charge in [0.1, 0.15) is 11.4 Å².